The zero-order valence-corrected chi connectivity index (χ0v) is 29.6. The van der Waals surface area contributed by atoms with Gasteiger partial charge in [-0.15, -0.1) is 0 Å². The minimum atomic E-state index is -0.364. The van der Waals surface area contributed by atoms with Gasteiger partial charge < -0.3 is 9.80 Å². The SMILES string of the molecule is Cc1c2c(nc3c1C(C)(C)c1cc(N(c4ccccc4)c4ccccc4)cnc1-3)C(C)(C)c1cc(N(c3ccccc3)c3ccccc3)cnc1-2. The predicted octanol–water partition coefficient (Wildman–Crippen LogP) is 11.7. The van der Waals surface area contributed by atoms with Gasteiger partial charge >= 0.3 is 0 Å². The van der Waals surface area contributed by atoms with Crippen LogP contribution in [0.4, 0.5) is 34.1 Å². The van der Waals surface area contributed by atoms with E-state index in [-0.39, 0.29) is 10.8 Å². The molecule has 0 amide bonds. The van der Waals surface area contributed by atoms with E-state index in [1.165, 1.54) is 22.3 Å². The Bertz CT molecular complexity index is 2340. The number of para-hydroxylation sites is 4. The molecular formula is C46H39N5. The van der Waals surface area contributed by atoms with E-state index in [1.54, 1.807) is 0 Å². The predicted molar refractivity (Wildman–Crippen MR) is 209 cm³/mol. The first-order valence-electron chi connectivity index (χ1n) is 17.6. The van der Waals surface area contributed by atoms with Crippen molar-refractivity contribution in [3.63, 3.8) is 0 Å². The van der Waals surface area contributed by atoms with Crippen molar-refractivity contribution in [2.75, 3.05) is 9.80 Å². The van der Waals surface area contributed by atoms with Crippen molar-refractivity contribution in [1.82, 2.24) is 15.0 Å². The Balaban J connectivity index is 1.17. The Morgan fingerprint density at radius 1 is 0.451 bits per heavy atom. The third-order valence-corrected chi connectivity index (χ3v) is 10.8. The number of hydrogen-bond acceptors (Lipinski definition) is 5. The molecule has 2 aliphatic carbocycles. The Labute approximate surface area is 299 Å². The van der Waals surface area contributed by atoms with Crippen LogP contribution < -0.4 is 9.80 Å². The summed E-state index contributed by atoms with van der Waals surface area (Å²) in [5, 5.41) is 0. The maximum atomic E-state index is 5.55. The van der Waals surface area contributed by atoms with E-state index in [0.29, 0.717) is 0 Å². The zero-order valence-electron chi connectivity index (χ0n) is 29.6. The van der Waals surface area contributed by atoms with Gasteiger partial charge in [-0.1, -0.05) is 100 Å². The van der Waals surface area contributed by atoms with Crippen molar-refractivity contribution in [3.05, 3.63) is 174 Å². The number of rotatable bonds is 6. The number of nitrogens with zero attached hydrogens (tertiary/aromatic N) is 5. The summed E-state index contributed by atoms with van der Waals surface area (Å²) in [6.45, 7) is 11.5. The highest BCUT2D eigenvalue weighted by Gasteiger charge is 2.46. The Hall–Kier alpha value is -6.07. The lowest BCUT2D eigenvalue weighted by Crippen LogP contribution is -2.20. The molecule has 5 nitrogen and oxygen atoms in total. The molecule has 7 aromatic rings. The molecule has 0 fully saturated rings. The number of pyridine rings is 3. The summed E-state index contributed by atoms with van der Waals surface area (Å²) in [7, 11) is 0. The van der Waals surface area contributed by atoms with Gasteiger partial charge in [-0.05, 0) is 89.8 Å². The Kier molecular flexibility index (Phi) is 6.97. The lowest BCUT2D eigenvalue weighted by Gasteiger charge is -2.28. The molecule has 0 aliphatic heterocycles. The van der Waals surface area contributed by atoms with Crippen LogP contribution in [0.2, 0.25) is 0 Å². The van der Waals surface area contributed by atoms with Gasteiger partial charge in [0.25, 0.3) is 0 Å². The standard InChI is InChI=1S/C46H39N5/c1-30-39-41-37(26-35(28-47-41)50(31-18-10-6-11-19-31)32-20-12-7-13-21-32)46(4,5)44(39)49-43-40(30)45(2,3)38-27-36(29-48-42(38)43)51(33-22-14-8-15-23-33)34-24-16-9-17-25-34/h6-29H,1-5H3. The van der Waals surface area contributed by atoms with E-state index in [0.717, 1.165) is 62.5 Å². The maximum Gasteiger partial charge on any atom is 0.0937 e. The first-order valence-corrected chi connectivity index (χ1v) is 17.6. The van der Waals surface area contributed by atoms with E-state index >= 15 is 0 Å². The number of anilines is 6. The van der Waals surface area contributed by atoms with Gasteiger partial charge in [-0.3, -0.25) is 9.97 Å². The number of hydrogen-bond donors (Lipinski definition) is 0. The number of fused-ring (bicyclic) bond motifs is 6. The van der Waals surface area contributed by atoms with Gasteiger partial charge in [-0.2, -0.15) is 0 Å². The van der Waals surface area contributed by atoms with Crippen molar-refractivity contribution >= 4 is 34.1 Å². The molecule has 0 atom stereocenters. The molecule has 0 radical (unpaired) electrons. The second-order valence-corrected chi connectivity index (χ2v) is 14.6. The fraction of sp³-hybridized carbons (Fsp3) is 0.152. The molecule has 3 aromatic heterocycles. The van der Waals surface area contributed by atoms with Crippen molar-refractivity contribution in [2.24, 2.45) is 0 Å². The molecule has 0 saturated carbocycles. The first-order chi connectivity index (χ1) is 24.7. The van der Waals surface area contributed by atoms with E-state index in [1.807, 2.05) is 12.4 Å². The Morgan fingerprint density at radius 3 is 1.27 bits per heavy atom. The van der Waals surface area contributed by atoms with Crippen molar-refractivity contribution in [3.8, 4) is 22.6 Å². The monoisotopic (exact) mass is 661 g/mol. The highest BCUT2D eigenvalue weighted by atomic mass is 15.2. The first kappa shape index (κ1) is 30.9. The van der Waals surface area contributed by atoms with Crippen LogP contribution in [0.5, 0.6) is 0 Å². The molecule has 0 N–H and O–H groups in total. The molecule has 0 saturated heterocycles. The summed E-state index contributed by atoms with van der Waals surface area (Å²) in [6, 6.07) is 46.7. The fourth-order valence-corrected chi connectivity index (χ4v) is 8.34. The minimum absolute atomic E-state index is 0.316. The van der Waals surface area contributed by atoms with Gasteiger partial charge in [0, 0.05) is 39.1 Å². The van der Waals surface area contributed by atoms with Gasteiger partial charge in [0.2, 0.25) is 0 Å². The topological polar surface area (TPSA) is 45.2 Å². The van der Waals surface area contributed by atoms with Crippen LogP contribution in [0, 0.1) is 6.92 Å². The van der Waals surface area contributed by atoms with Gasteiger partial charge in [-0.25, -0.2) is 4.98 Å². The summed E-state index contributed by atoms with van der Waals surface area (Å²) in [5.41, 5.74) is 15.8. The van der Waals surface area contributed by atoms with Crippen LogP contribution in [-0.4, -0.2) is 15.0 Å². The average Bonchev–Trinajstić information content (AvgIpc) is 3.53. The fourth-order valence-electron chi connectivity index (χ4n) is 8.34. The quantitative estimate of drug-likeness (QED) is 0.177. The molecular weight excluding hydrogens is 623 g/mol. The van der Waals surface area contributed by atoms with E-state index < -0.39 is 0 Å². The average molecular weight is 662 g/mol. The van der Waals surface area contributed by atoms with Crippen molar-refractivity contribution < 1.29 is 0 Å². The normalized spacial score (nSPS) is 14.3. The number of aromatic nitrogens is 3. The minimum Gasteiger partial charge on any atom is -0.309 e. The molecule has 0 bridgehead atoms. The molecule has 248 valence electrons. The molecule has 9 rings (SSSR count). The summed E-state index contributed by atoms with van der Waals surface area (Å²) < 4.78 is 0. The van der Waals surface area contributed by atoms with Crippen LogP contribution in [0.15, 0.2) is 146 Å². The smallest absolute Gasteiger partial charge is 0.0937 e. The van der Waals surface area contributed by atoms with Crippen molar-refractivity contribution in [2.45, 2.75) is 45.4 Å². The zero-order chi connectivity index (χ0) is 34.9. The third-order valence-electron chi connectivity index (χ3n) is 10.8. The lowest BCUT2D eigenvalue weighted by atomic mass is 9.79. The van der Waals surface area contributed by atoms with Crippen molar-refractivity contribution in [1.29, 1.82) is 0 Å². The van der Waals surface area contributed by atoms with Crippen LogP contribution in [0.25, 0.3) is 22.6 Å². The molecule has 2 aliphatic rings. The van der Waals surface area contributed by atoms with Gasteiger partial charge in [0.1, 0.15) is 0 Å². The summed E-state index contributed by atoms with van der Waals surface area (Å²) >= 11 is 0. The van der Waals surface area contributed by atoms with Gasteiger partial charge in [0.15, 0.2) is 0 Å². The third kappa shape index (κ3) is 4.72. The summed E-state index contributed by atoms with van der Waals surface area (Å²) in [5.74, 6) is 0. The van der Waals surface area contributed by atoms with Crippen LogP contribution >= 0.6 is 0 Å². The molecule has 5 heteroatoms. The maximum absolute atomic E-state index is 5.55. The highest BCUT2D eigenvalue weighted by Crippen LogP contribution is 2.57. The highest BCUT2D eigenvalue weighted by molar-refractivity contribution is 5.89. The lowest BCUT2D eigenvalue weighted by molar-refractivity contribution is 0.628. The van der Waals surface area contributed by atoms with E-state index in [4.69, 9.17) is 15.0 Å². The summed E-state index contributed by atoms with van der Waals surface area (Å²) in [6.07, 6.45) is 4.02. The van der Waals surface area contributed by atoms with Gasteiger partial charge in [0.05, 0.1) is 46.5 Å². The number of benzene rings is 4. The second-order valence-electron chi connectivity index (χ2n) is 14.6. The van der Waals surface area contributed by atoms with Crippen LogP contribution in [-0.2, 0) is 10.8 Å². The molecule has 0 unspecified atom stereocenters. The Morgan fingerprint density at radius 2 is 0.843 bits per heavy atom. The second kappa shape index (κ2) is 11.5. The van der Waals surface area contributed by atoms with E-state index in [2.05, 4.69) is 178 Å². The molecule has 4 aromatic carbocycles. The molecule has 0 spiro atoms. The van der Waals surface area contributed by atoms with Crippen LogP contribution in [0.3, 0.4) is 0 Å². The van der Waals surface area contributed by atoms with Crippen LogP contribution in [0.1, 0.15) is 55.6 Å². The van der Waals surface area contributed by atoms with E-state index in [9.17, 15) is 0 Å². The largest absolute Gasteiger partial charge is 0.309 e. The molecule has 51 heavy (non-hydrogen) atoms. The summed E-state index contributed by atoms with van der Waals surface area (Å²) in [4.78, 5) is 20.6. The molecule has 3 heterocycles.